The van der Waals surface area contributed by atoms with Crippen LogP contribution in [0, 0.1) is 11.3 Å². The van der Waals surface area contributed by atoms with Crippen molar-refractivity contribution in [3.05, 3.63) is 35.9 Å². The molecule has 6 heteroatoms. The SMILES string of the molecule is CN1C(=N)N[C@@H](CC2CCCN(C(=O)Cc3ccccc3)C2)C1=O. The molecular formula is C18H24N4O2. The maximum atomic E-state index is 12.5. The van der Waals surface area contributed by atoms with Gasteiger partial charge in [-0.25, -0.2) is 0 Å². The second-order valence-corrected chi connectivity index (χ2v) is 6.69. The van der Waals surface area contributed by atoms with Crippen molar-refractivity contribution in [2.75, 3.05) is 20.1 Å². The first-order chi connectivity index (χ1) is 11.5. The lowest BCUT2D eigenvalue weighted by atomic mass is 9.91. The van der Waals surface area contributed by atoms with Crippen LogP contribution in [0.15, 0.2) is 30.3 Å². The summed E-state index contributed by atoms with van der Waals surface area (Å²) >= 11 is 0. The van der Waals surface area contributed by atoms with Gasteiger partial charge in [0.05, 0.1) is 6.42 Å². The lowest BCUT2D eigenvalue weighted by Gasteiger charge is -2.33. The highest BCUT2D eigenvalue weighted by molar-refractivity contribution is 6.04. The first-order valence-corrected chi connectivity index (χ1v) is 8.49. The minimum absolute atomic E-state index is 0.0484. The minimum atomic E-state index is -0.323. The van der Waals surface area contributed by atoms with Crippen molar-refractivity contribution in [1.82, 2.24) is 15.1 Å². The van der Waals surface area contributed by atoms with Crippen LogP contribution in [-0.4, -0.2) is 53.8 Å². The number of nitrogens with zero attached hydrogens (tertiary/aromatic N) is 2. The molecule has 2 fully saturated rings. The number of hydrogen-bond acceptors (Lipinski definition) is 3. The average Bonchev–Trinajstić information content (AvgIpc) is 2.83. The van der Waals surface area contributed by atoms with Gasteiger partial charge in [-0.1, -0.05) is 30.3 Å². The molecule has 2 saturated heterocycles. The molecule has 3 rings (SSSR count). The Morgan fingerprint density at radius 3 is 2.75 bits per heavy atom. The Morgan fingerprint density at radius 1 is 1.33 bits per heavy atom. The van der Waals surface area contributed by atoms with Crippen LogP contribution in [0.2, 0.25) is 0 Å². The fraction of sp³-hybridized carbons (Fsp3) is 0.500. The van der Waals surface area contributed by atoms with Crippen LogP contribution < -0.4 is 5.32 Å². The fourth-order valence-corrected chi connectivity index (χ4v) is 3.53. The van der Waals surface area contributed by atoms with Gasteiger partial charge in [-0.15, -0.1) is 0 Å². The predicted octanol–water partition coefficient (Wildman–Crippen LogP) is 1.22. The number of guanidine groups is 1. The Morgan fingerprint density at radius 2 is 2.08 bits per heavy atom. The summed E-state index contributed by atoms with van der Waals surface area (Å²) in [5, 5.41) is 10.6. The highest BCUT2D eigenvalue weighted by Crippen LogP contribution is 2.23. The van der Waals surface area contributed by atoms with E-state index in [9.17, 15) is 9.59 Å². The standard InChI is InChI=1S/C18H24N4O2/c1-21-17(24)15(20-18(21)19)10-14-8-5-9-22(12-14)16(23)11-13-6-3-2-4-7-13/h2-4,6-7,14-15H,5,8-12H2,1H3,(H2,19,20)/t14?,15-/m0/s1. The van der Waals surface area contributed by atoms with E-state index in [2.05, 4.69) is 5.32 Å². The summed E-state index contributed by atoms with van der Waals surface area (Å²) in [6, 6.07) is 9.47. The van der Waals surface area contributed by atoms with Crippen molar-refractivity contribution < 1.29 is 9.59 Å². The van der Waals surface area contributed by atoms with E-state index in [1.54, 1.807) is 7.05 Å². The molecule has 0 saturated carbocycles. The Bertz CT molecular complexity index is 631. The molecule has 1 unspecified atom stereocenters. The zero-order valence-electron chi connectivity index (χ0n) is 14.0. The molecule has 0 bridgehead atoms. The number of carbonyl (C=O) groups excluding carboxylic acids is 2. The van der Waals surface area contributed by atoms with Crippen molar-refractivity contribution in [2.24, 2.45) is 5.92 Å². The number of amides is 2. The third kappa shape index (κ3) is 3.58. The summed E-state index contributed by atoms with van der Waals surface area (Å²) in [7, 11) is 1.62. The van der Waals surface area contributed by atoms with Gasteiger partial charge in [0.1, 0.15) is 6.04 Å². The molecule has 2 heterocycles. The summed E-state index contributed by atoms with van der Waals surface area (Å²) in [6.45, 7) is 1.50. The third-order valence-corrected chi connectivity index (χ3v) is 4.91. The average molecular weight is 328 g/mol. The smallest absolute Gasteiger partial charge is 0.251 e. The number of likely N-dealkylation sites (N-methyl/N-ethyl adjacent to an activating group) is 1. The normalized spacial score (nSPS) is 24.2. The van der Waals surface area contributed by atoms with E-state index in [1.807, 2.05) is 35.2 Å². The van der Waals surface area contributed by atoms with Crippen molar-refractivity contribution in [3.63, 3.8) is 0 Å². The fourth-order valence-electron chi connectivity index (χ4n) is 3.53. The lowest BCUT2D eigenvalue weighted by molar-refractivity contribution is -0.132. The van der Waals surface area contributed by atoms with Crippen LogP contribution in [0.3, 0.4) is 0 Å². The van der Waals surface area contributed by atoms with E-state index in [0.29, 0.717) is 25.3 Å². The van der Waals surface area contributed by atoms with Gasteiger partial charge in [0.25, 0.3) is 5.91 Å². The van der Waals surface area contributed by atoms with Gasteiger partial charge in [0.2, 0.25) is 5.91 Å². The number of piperidine rings is 1. The molecule has 2 aliphatic heterocycles. The number of hydrogen-bond donors (Lipinski definition) is 2. The van der Waals surface area contributed by atoms with Crippen LogP contribution in [0.5, 0.6) is 0 Å². The molecule has 2 aliphatic rings. The molecule has 6 nitrogen and oxygen atoms in total. The predicted molar refractivity (Wildman–Crippen MR) is 91.5 cm³/mol. The first kappa shape index (κ1) is 16.5. The van der Waals surface area contributed by atoms with Crippen LogP contribution in [-0.2, 0) is 16.0 Å². The molecule has 0 radical (unpaired) electrons. The zero-order chi connectivity index (χ0) is 17.1. The van der Waals surface area contributed by atoms with Crippen molar-refractivity contribution in [3.8, 4) is 0 Å². The lowest BCUT2D eigenvalue weighted by Crippen LogP contribution is -2.43. The van der Waals surface area contributed by atoms with Gasteiger partial charge in [-0.2, -0.15) is 0 Å². The van der Waals surface area contributed by atoms with Crippen molar-refractivity contribution >= 4 is 17.8 Å². The number of carbonyl (C=O) groups is 2. The van der Waals surface area contributed by atoms with E-state index in [-0.39, 0.29) is 23.8 Å². The number of rotatable bonds is 4. The van der Waals surface area contributed by atoms with Gasteiger partial charge < -0.3 is 10.2 Å². The van der Waals surface area contributed by atoms with Crippen LogP contribution in [0.4, 0.5) is 0 Å². The Kier molecular flexibility index (Phi) is 4.83. The highest BCUT2D eigenvalue weighted by atomic mass is 16.2. The van der Waals surface area contributed by atoms with Gasteiger partial charge in [0, 0.05) is 20.1 Å². The van der Waals surface area contributed by atoms with E-state index in [0.717, 1.165) is 24.9 Å². The molecular weight excluding hydrogens is 304 g/mol. The summed E-state index contributed by atoms with van der Waals surface area (Å²) in [6.07, 6.45) is 3.11. The summed E-state index contributed by atoms with van der Waals surface area (Å²) in [4.78, 5) is 27.9. The molecule has 2 amide bonds. The van der Waals surface area contributed by atoms with Crippen LogP contribution in [0.1, 0.15) is 24.8 Å². The molecule has 2 atom stereocenters. The Labute approximate surface area is 142 Å². The second-order valence-electron chi connectivity index (χ2n) is 6.69. The summed E-state index contributed by atoms with van der Waals surface area (Å²) in [5.41, 5.74) is 1.03. The molecule has 24 heavy (non-hydrogen) atoms. The van der Waals surface area contributed by atoms with E-state index in [1.165, 1.54) is 4.90 Å². The molecule has 1 aromatic carbocycles. The van der Waals surface area contributed by atoms with Crippen molar-refractivity contribution in [2.45, 2.75) is 31.7 Å². The summed E-state index contributed by atoms with van der Waals surface area (Å²) < 4.78 is 0. The maximum absolute atomic E-state index is 12.5. The van der Waals surface area contributed by atoms with Crippen LogP contribution >= 0.6 is 0 Å². The van der Waals surface area contributed by atoms with Crippen LogP contribution in [0.25, 0.3) is 0 Å². The topological polar surface area (TPSA) is 76.5 Å². The summed E-state index contributed by atoms with van der Waals surface area (Å²) in [5.74, 6) is 0.575. The third-order valence-electron chi connectivity index (χ3n) is 4.91. The largest absolute Gasteiger partial charge is 0.344 e. The minimum Gasteiger partial charge on any atom is -0.344 e. The van der Waals surface area contributed by atoms with Gasteiger partial charge in [-0.3, -0.25) is 19.9 Å². The van der Waals surface area contributed by atoms with Gasteiger partial charge in [-0.05, 0) is 30.7 Å². The number of nitrogens with one attached hydrogen (secondary N) is 2. The molecule has 1 aromatic rings. The van der Waals surface area contributed by atoms with E-state index in [4.69, 9.17) is 5.41 Å². The quantitative estimate of drug-likeness (QED) is 0.872. The Hall–Kier alpha value is -2.37. The second kappa shape index (κ2) is 7.03. The first-order valence-electron chi connectivity index (χ1n) is 8.49. The molecule has 0 aliphatic carbocycles. The molecule has 2 N–H and O–H groups in total. The monoisotopic (exact) mass is 328 g/mol. The molecule has 0 aromatic heterocycles. The van der Waals surface area contributed by atoms with Gasteiger partial charge >= 0.3 is 0 Å². The number of benzene rings is 1. The van der Waals surface area contributed by atoms with E-state index >= 15 is 0 Å². The molecule has 128 valence electrons. The number of likely N-dealkylation sites (tertiary alicyclic amines) is 1. The van der Waals surface area contributed by atoms with Gasteiger partial charge in [0.15, 0.2) is 5.96 Å². The van der Waals surface area contributed by atoms with E-state index < -0.39 is 0 Å². The Balaban J connectivity index is 1.55. The zero-order valence-corrected chi connectivity index (χ0v) is 14.0. The molecule has 0 spiro atoms. The highest BCUT2D eigenvalue weighted by Gasteiger charge is 2.35. The maximum Gasteiger partial charge on any atom is 0.251 e. The van der Waals surface area contributed by atoms with Crippen molar-refractivity contribution in [1.29, 1.82) is 5.41 Å².